The van der Waals surface area contributed by atoms with Gasteiger partial charge < -0.3 is 5.11 Å². The average Bonchev–Trinajstić information content (AvgIpc) is 2.91. The first kappa shape index (κ1) is 13.0. The Hall–Kier alpha value is -1.98. The molecule has 4 nitrogen and oxygen atoms in total. The van der Waals surface area contributed by atoms with Gasteiger partial charge in [0.1, 0.15) is 0 Å². The lowest BCUT2D eigenvalue weighted by molar-refractivity contribution is 0.283. The highest BCUT2D eigenvalue weighted by Crippen LogP contribution is 2.22. The minimum absolute atomic E-state index is 0.0779. The van der Waals surface area contributed by atoms with Gasteiger partial charge in [-0.3, -0.25) is 8.96 Å². The van der Waals surface area contributed by atoms with Crippen molar-refractivity contribution in [3.05, 3.63) is 60.0 Å². The van der Waals surface area contributed by atoms with Crippen LogP contribution >= 0.6 is 0 Å². The van der Waals surface area contributed by atoms with Crippen LogP contribution in [-0.2, 0) is 17.6 Å². The van der Waals surface area contributed by atoms with E-state index in [2.05, 4.69) is 4.98 Å². The van der Waals surface area contributed by atoms with Crippen LogP contribution in [0.2, 0.25) is 0 Å². The summed E-state index contributed by atoms with van der Waals surface area (Å²) in [5.41, 5.74) is 2.63. The van der Waals surface area contributed by atoms with Gasteiger partial charge in [0.2, 0.25) is 0 Å². The Balaban J connectivity index is 2.10. The van der Waals surface area contributed by atoms with E-state index >= 15 is 0 Å². The van der Waals surface area contributed by atoms with E-state index in [9.17, 15) is 9.32 Å². The quantitative estimate of drug-likeness (QED) is 0.804. The molecule has 0 amide bonds. The largest absolute Gasteiger partial charge is 0.392 e. The van der Waals surface area contributed by atoms with Gasteiger partial charge >= 0.3 is 0 Å². The van der Waals surface area contributed by atoms with E-state index in [1.807, 2.05) is 37.3 Å². The molecular formula is C15H14N2O2S. The van der Waals surface area contributed by atoms with Crippen LogP contribution in [0.3, 0.4) is 0 Å². The van der Waals surface area contributed by atoms with Gasteiger partial charge in [0.25, 0.3) is 0 Å². The molecule has 1 aromatic carbocycles. The number of benzene rings is 1. The summed E-state index contributed by atoms with van der Waals surface area (Å²) in [6.45, 7) is 1.92. The fraction of sp³-hybridized carbons (Fsp3) is 0.133. The van der Waals surface area contributed by atoms with Crippen LogP contribution < -0.4 is 0 Å². The normalized spacial score (nSPS) is 12.7. The van der Waals surface area contributed by atoms with E-state index in [1.165, 1.54) is 0 Å². The molecule has 0 saturated heterocycles. The van der Waals surface area contributed by atoms with Crippen LogP contribution in [0.4, 0.5) is 0 Å². The number of pyridine rings is 1. The third-order valence-electron chi connectivity index (χ3n) is 3.23. The summed E-state index contributed by atoms with van der Waals surface area (Å²) in [4.78, 5) is 4.83. The van der Waals surface area contributed by atoms with Gasteiger partial charge in [0.05, 0.1) is 23.2 Å². The molecule has 20 heavy (non-hydrogen) atoms. The zero-order valence-corrected chi connectivity index (χ0v) is 11.8. The predicted molar refractivity (Wildman–Crippen MR) is 78.6 cm³/mol. The van der Waals surface area contributed by atoms with Gasteiger partial charge in [-0.05, 0) is 25.1 Å². The van der Waals surface area contributed by atoms with E-state index in [1.54, 1.807) is 22.6 Å². The van der Waals surface area contributed by atoms with Gasteiger partial charge in [-0.15, -0.1) is 0 Å². The maximum absolute atomic E-state index is 12.6. The molecule has 0 aliphatic rings. The second kappa shape index (κ2) is 5.19. The Morgan fingerprint density at radius 2 is 1.95 bits per heavy atom. The van der Waals surface area contributed by atoms with Crippen molar-refractivity contribution in [2.24, 2.45) is 0 Å². The number of hydrogen-bond donors (Lipinski definition) is 1. The summed E-state index contributed by atoms with van der Waals surface area (Å²) >= 11 is 0. The molecular weight excluding hydrogens is 272 g/mol. The standard InChI is InChI=1S/C15H14N2O2S/c1-11-2-4-13(5-3-11)20(19)17-7-6-14-12(10-18)8-16-9-15(14)17/h2-9,18H,10H2,1H3. The highest BCUT2D eigenvalue weighted by Gasteiger charge is 2.11. The minimum Gasteiger partial charge on any atom is -0.392 e. The average molecular weight is 286 g/mol. The van der Waals surface area contributed by atoms with Crippen LogP contribution in [0, 0.1) is 6.92 Å². The molecule has 0 aliphatic carbocycles. The lowest BCUT2D eigenvalue weighted by Crippen LogP contribution is -2.03. The molecule has 3 aromatic rings. The maximum Gasteiger partial charge on any atom is 0.157 e. The Morgan fingerprint density at radius 3 is 2.65 bits per heavy atom. The van der Waals surface area contributed by atoms with Gasteiger partial charge in [-0.25, -0.2) is 4.21 Å². The second-order valence-corrected chi connectivity index (χ2v) is 5.96. The number of aliphatic hydroxyl groups is 1. The Morgan fingerprint density at radius 1 is 1.20 bits per heavy atom. The monoisotopic (exact) mass is 286 g/mol. The summed E-state index contributed by atoms with van der Waals surface area (Å²) < 4.78 is 14.3. The van der Waals surface area contributed by atoms with E-state index in [0.717, 1.165) is 26.9 Å². The minimum atomic E-state index is -1.31. The van der Waals surface area contributed by atoms with Crippen molar-refractivity contribution >= 4 is 21.9 Å². The van der Waals surface area contributed by atoms with Crippen LogP contribution in [0.5, 0.6) is 0 Å². The van der Waals surface area contributed by atoms with E-state index in [0.29, 0.717) is 0 Å². The van der Waals surface area contributed by atoms with Gasteiger partial charge in [-0.1, -0.05) is 17.7 Å². The van der Waals surface area contributed by atoms with Crippen molar-refractivity contribution in [2.45, 2.75) is 18.4 Å². The molecule has 2 aromatic heterocycles. The summed E-state index contributed by atoms with van der Waals surface area (Å²) in [6, 6.07) is 9.46. The summed E-state index contributed by atoms with van der Waals surface area (Å²) in [5.74, 6) is 0. The zero-order chi connectivity index (χ0) is 14.1. The molecule has 0 radical (unpaired) electrons. The van der Waals surface area contributed by atoms with Gasteiger partial charge in [-0.2, -0.15) is 0 Å². The number of fused-ring (bicyclic) bond motifs is 1. The van der Waals surface area contributed by atoms with Crippen molar-refractivity contribution in [1.82, 2.24) is 8.96 Å². The number of aliphatic hydroxyl groups excluding tert-OH is 1. The highest BCUT2D eigenvalue weighted by atomic mass is 32.2. The van der Waals surface area contributed by atoms with Crippen molar-refractivity contribution in [1.29, 1.82) is 0 Å². The fourth-order valence-electron chi connectivity index (χ4n) is 2.13. The Bertz CT molecular complexity index is 778. The summed E-state index contributed by atoms with van der Waals surface area (Å²) in [5, 5.41) is 10.2. The van der Waals surface area contributed by atoms with Crippen molar-refractivity contribution < 1.29 is 9.32 Å². The molecule has 0 spiro atoms. The number of aryl methyl sites for hydroxylation is 1. The molecule has 5 heteroatoms. The Labute approximate surface area is 119 Å². The highest BCUT2D eigenvalue weighted by molar-refractivity contribution is 7.83. The molecule has 0 fully saturated rings. The van der Waals surface area contributed by atoms with Crippen LogP contribution in [0.25, 0.3) is 10.9 Å². The first-order valence-electron chi connectivity index (χ1n) is 6.24. The van der Waals surface area contributed by atoms with Crippen molar-refractivity contribution in [3.63, 3.8) is 0 Å². The molecule has 3 rings (SSSR count). The fourth-order valence-corrected chi connectivity index (χ4v) is 3.22. The van der Waals surface area contributed by atoms with Crippen LogP contribution in [0.15, 0.2) is 53.8 Å². The number of nitrogens with zero attached hydrogens (tertiary/aromatic N) is 2. The Kier molecular flexibility index (Phi) is 3.38. The lowest BCUT2D eigenvalue weighted by atomic mass is 10.2. The smallest absolute Gasteiger partial charge is 0.157 e. The molecule has 2 heterocycles. The first-order chi connectivity index (χ1) is 9.70. The van der Waals surface area contributed by atoms with Crippen LogP contribution in [-0.4, -0.2) is 18.3 Å². The van der Waals surface area contributed by atoms with Crippen LogP contribution in [0.1, 0.15) is 11.1 Å². The van der Waals surface area contributed by atoms with Gasteiger partial charge in [0.15, 0.2) is 11.0 Å². The van der Waals surface area contributed by atoms with E-state index < -0.39 is 11.0 Å². The van der Waals surface area contributed by atoms with Gasteiger partial charge in [0, 0.05) is 23.3 Å². The molecule has 102 valence electrons. The summed E-state index contributed by atoms with van der Waals surface area (Å²) in [6.07, 6.45) is 5.06. The topological polar surface area (TPSA) is 55.1 Å². The SMILES string of the molecule is Cc1ccc(S(=O)n2ccc3c(CO)cncc32)cc1. The number of rotatable bonds is 3. The molecule has 0 saturated carbocycles. The summed E-state index contributed by atoms with van der Waals surface area (Å²) in [7, 11) is -1.31. The maximum atomic E-state index is 12.6. The predicted octanol–water partition coefficient (Wildman–Crippen LogP) is 2.41. The number of hydrogen-bond acceptors (Lipinski definition) is 3. The van der Waals surface area contributed by atoms with Crippen molar-refractivity contribution in [2.75, 3.05) is 0 Å². The van der Waals surface area contributed by atoms with E-state index in [-0.39, 0.29) is 6.61 Å². The molecule has 1 atom stereocenters. The molecule has 0 aliphatic heterocycles. The molecule has 0 bridgehead atoms. The van der Waals surface area contributed by atoms with Crippen molar-refractivity contribution in [3.8, 4) is 0 Å². The third kappa shape index (κ3) is 2.15. The second-order valence-electron chi connectivity index (χ2n) is 4.59. The third-order valence-corrected chi connectivity index (χ3v) is 4.59. The molecule has 1 N–H and O–H groups in total. The molecule has 1 unspecified atom stereocenters. The lowest BCUT2D eigenvalue weighted by Gasteiger charge is -2.06. The van der Waals surface area contributed by atoms with E-state index in [4.69, 9.17) is 0 Å². The number of aromatic nitrogens is 2. The first-order valence-corrected chi connectivity index (χ1v) is 7.35. The zero-order valence-electron chi connectivity index (χ0n) is 11.0.